The average molecular weight is 307 g/mol. The predicted molar refractivity (Wildman–Crippen MR) is 95.6 cm³/mol. The van der Waals surface area contributed by atoms with E-state index in [-0.39, 0.29) is 5.92 Å². The van der Waals surface area contributed by atoms with Crippen molar-refractivity contribution in [1.29, 1.82) is 0 Å². The van der Waals surface area contributed by atoms with E-state index in [0.29, 0.717) is 23.0 Å². The van der Waals surface area contributed by atoms with Crippen LogP contribution >= 0.6 is 0 Å². The zero-order chi connectivity index (χ0) is 17.1. The minimum Gasteiger partial charge on any atom is -0.512 e. The van der Waals surface area contributed by atoms with Crippen LogP contribution in [0.3, 0.4) is 0 Å². The van der Waals surface area contributed by atoms with Gasteiger partial charge in [0.2, 0.25) is 0 Å². The Balaban J connectivity index is 4.44. The van der Waals surface area contributed by atoms with Crippen molar-refractivity contribution in [3.05, 3.63) is 47.6 Å². The lowest BCUT2D eigenvalue weighted by Gasteiger charge is -2.15. The van der Waals surface area contributed by atoms with Crippen LogP contribution in [0.2, 0.25) is 0 Å². The summed E-state index contributed by atoms with van der Waals surface area (Å²) in [5, 5.41) is 20.1. The molecule has 4 N–H and O–H groups in total. The zero-order valence-corrected chi connectivity index (χ0v) is 14.6. The fourth-order valence-electron chi connectivity index (χ4n) is 2.38. The largest absolute Gasteiger partial charge is 0.512 e. The zero-order valence-electron chi connectivity index (χ0n) is 14.6. The molecule has 0 amide bonds. The third-order valence-electron chi connectivity index (χ3n) is 4.29. The molecule has 126 valence electrons. The molecule has 0 heterocycles. The lowest BCUT2D eigenvalue weighted by molar-refractivity contribution is 0.321. The second-order valence-electron chi connectivity index (χ2n) is 5.97. The summed E-state index contributed by atoms with van der Waals surface area (Å²) in [6.07, 6.45) is 9.74. The Morgan fingerprint density at radius 3 is 2.41 bits per heavy atom. The first-order valence-electron chi connectivity index (χ1n) is 8.17. The van der Waals surface area contributed by atoms with Gasteiger partial charge in [0.15, 0.2) is 0 Å². The van der Waals surface area contributed by atoms with Gasteiger partial charge in [-0.25, -0.2) is 0 Å². The summed E-state index contributed by atoms with van der Waals surface area (Å²) in [6, 6.07) is 0. The molecule has 0 saturated carbocycles. The van der Waals surface area contributed by atoms with Gasteiger partial charge in [0.25, 0.3) is 0 Å². The maximum Gasteiger partial charge on any atom is 0.119 e. The molecule has 0 rings (SSSR count). The first-order valence-corrected chi connectivity index (χ1v) is 8.17. The van der Waals surface area contributed by atoms with E-state index in [1.54, 1.807) is 6.92 Å². The van der Waals surface area contributed by atoms with Crippen LogP contribution in [0.4, 0.5) is 0 Å². The van der Waals surface area contributed by atoms with Crippen molar-refractivity contribution < 1.29 is 10.2 Å². The number of hydrogen-bond acceptors (Lipinski definition) is 3. The van der Waals surface area contributed by atoms with Crippen molar-refractivity contribution in [2.24, 2.45) is 17.6 Å². The molecule has 0 radical (unpaired) electrons. The molecule has 0 spiro atoms. The van der Waals surface area contributed by atoms with Crippen molar-refractivity contribution in [1.82, 2.24) is 0 Å². The number of rotatable bonds is 10. The standard InChI is InChI=1S/C19H33NO2/c1-6-10-17(7-2)18(21)12-9-8-11-14(3)16(5)19(22)15(4)13-20/h6,12-14,17,21-22H,1,7-11,20H2,2-5H3/b15-13+,18-12-,19-16+. The van der Waals surface area contributed by atoms with Gasteiger partial charge in [0, 0.05) is 17.7 Å². The number of nitrogens with two attached hydrogens (primary N) is 1. The van der Waals surface area contributed by atoms with Gasteiger partial charge in [-0.2, -0.15) is 0 Å². The minimum absolute atomic E-state index is 0.193. The van der Waals surface area contributed by atoms with Crippen molar-refractivity contribution in [2.45, 2.75) is 59.8 Å². The molecule has 0 aromatic carbocycles. The van der Waals surface area contributed by atoms with Crippen LogP contribution in [0.5, 0.6) is 0 Å². The Labute approximate surface area is 135 Å². The van der Waals surface area contributed by atoms with E-state index in [2.05, 4.69) is 20.4 Å². The fourth-order valence-corrected chi connectivity index (χ4v) is 2.38. The molecular weight excluding hydrogens is 274 g/mol. The molecule has 0 bridgehead atoms. The van der Waals surface area contributed by atoms with Crippen LogP contribution in [0.25, 0.3) is 0 Å². The van der Waals surface area contributed by atoms with Crippen LogP contribution in [-0.4, -0.2) is 10.2 Å². The van der Waals surface area contributed by atoms with Crippen molar-refractivity contribution in [3.8, 4) is 0 Å². The van der Waals surface area contributed by atoms with Crippen molar-refractivity contribution in [2.75, 3.05) is 0 Å². The van der Waals surface area contributed by atoms with E-state index >= 15 is 0 Å². The summed E-state index contributed by atoms with van der Waals surface area (Å²) in [7, 11) is 0. The molecule has 0 aromatic heterocycles. The predicted octanol–water partition coefficient (Wildman–Crippen LogP) is 5.53. The highest BCUT2D eigenvalue weighted by Crippen LogP contribution is 2.23. The van der Waals surface area contributed by atoms with Crippen LogP contribution in [0, 0.1) is 11.8 Å². The monoisotopic (exact) mass is 307 g/mol. The van der Waals surface area contributed by atoms with Crippen molar-refractivity contribution >= 4 is 0 Å². The lowest BCUT2D eigenvalue weighted by Crippen LogP contribution is -2.03. The maximum absolute atomic E-state index is 10.1. The second-order valence-corrected chi connectivity index (χ2v) is 5.97. The third-order valence-corrected chi connectivity index (χ3v) is 4.29. The van der Waals surface area contributed by atoms with Gasteiger partial charge >= 0.3 is 0 Å². The highest BCUT2D eigenvalue weighted by atomic mass is 16.3. The normalized spacial score (nSPS) is 16.9. The van der Waals surface area contributed by atoms with Crippen LogP contribution < -0.4 is 5.73 Å². The minimum atomic E-state index is 0.193. The van der Waals surface area contributed by atoms with E-state index in [1.807, 2.05) is 19.1 Å². The summed E-state index contributed by atoms with van der Waals surface area (Å²) >= 11 is 0. The van der Waals surface area contributed by atoms with Crippen molar-refractivity contribution in [3.63, 3.8) is 0 Å². The molecule has 0 aromatic rings. The number of allylic oxidation sites excluding steroid dienone is 5. The number of unbranched alkanes of at least 4 members (excludes halogenated alkanes) is 1. The van der Waals surface area contributed by atoms with Crippen LogP contribution in [-0.2, 0) is 0 Å². The Bertz CT molecular complexity index is 433. The van der Waals surface area contributed by atoms with Gasteiger partial charge in [0.05, 0.1) is 5.76 Å². The third kappa shape index (κ3) is 6.88. The number of aliphatic hydroxyl groups excluding tert-OH is 2. The second kappa shape index (κ2) is 11.0. The van der Waals surface area contributed by atoms with Crippen LogP contribution in [0.15, 0.2) is 47.6 Å². The highest BCUT2D eigenvalue weighted by molar-refractivity contribution is 5.27. The highest BCUT2D eigenvalue weighted by Gasteiger charge is 2.11. The van der Waals surface area contributed by atoms with Gasteiger partial charge in [-0.1, -0.05) is 19.9 Å². The Morgan fingerprint density at radius 2 is 1.91 bits per heavy atom. The summed E-state index contributed by atoms with van der Waals surface area (Å²) in [5.41, 5.74) is 7.10. The van der Waals surface area contributed by atoms with Gasteiger partial charge in [-0.15, -0.1) is 6.58 Å². The molecule has 0 aliphatic heterocycles. The van der Waals surface area contributed by atoms with E-state index in [1.165, 1.54) is 6.20 Å². The fraction of sp³-hybridized carbons (Fsp3) is 0.579. The smallest absolute Gasteiger partial charge is 0.119 e. The molecule has 2 unspecified atom stereocenters. The molecule has 3 heteroatoms. The SMILES string of the molecule is C=CCC(CC)/C(O)=C/CCCC(C)/C(C)=C(O)\C(C)=C\N. The molecule has 0 fully saturated rings. The summed E-state index contributed by atoms with van der Waals surface area (Å²) in [4.78, 5) is 0. The summed E-state index contributed by atoms with van der Waals surface area (Å²) < 4.78 is 0. The first-order chi connectivity index (χ1) is 10.4. The number of hydrogen-bond donors (Lipinski definition) is 3. The quantitative estimate of drug-likeness (QED) is 0.215. The Kier molecular flexibility index (Phi) is 10.2. The van der Waals surface area contributed by atoms with E-state index < -0.39 is 0 Å². The van der Waals surface area contributed by atoms with Gasteiger partial charge < -0.3 is 15.9 Å². The topological polar surface area (TPSA) is 66.5 Å². The Hall–Kier alpha value is -1.64. The van der Waals surface area contributed by atoms with Crippen LogP contribution in [0.1, 0.15) is 59.8 Å². The number of aliphatic hydroxyl groups is 2. The molecular formula is C19H33NO2. The average Bonchev–Trinajstić information content (AvgIpc) is 2.53. The molecule has 0 aliphatic carbocycles. The molecule has 3 nitrogen and oxygen atoms in total. The van der Waals surface area contributed by atoms with Gasteiger partial charge in [0.1, 0.15) is 5.76 Å². The van der Waals surface area contributed by atoms with E-state index in [9.17, 15) is 10.2 Å². The van der Waals surface area contributed by atoms with E-state index in [0.717, 1.165) is 37.7 Å². The summed E-state index contributed by atoms with van der Waals surface area (Å²) in [5.74, 6) is 1.26. The van der Waals surface area contributed by atoms with Gasteiger partial charge in [-0.3, -0.25) is 0 Å². The summed E-state index contributed by atoms with van der Waals surface area (Å²) in [6.45, 7) is 11.6. The van der Waals surface area contributed by atoms with Gasteiger partial charge in [-0.05, 0) is 63.5 Å². The first kappa shape index (κ1) is 20.4. The molecule has 2 atom stereocenters. The maximum atomic E-state index is 10.1. The van der Waals surface area contributed by atoms with E-state index in [4.69, 9.17) is 5.73 Å². The lowest BCUT2D eigenvalue weighted by atomic mass is 9.93. The molecule has 22 heavy (non-hydrogen) atoms. The molecule has 0 aliphatic rings. The molecule has 0 saturated heterocycles. The Morgan fingerprint density at radius 1 is 1.27 bits per heavy atom.